The van der Waals surface area contributed by atoms with Gasteiger partial charge in [-0.15, -0.1) is 0 Å². The molecule has 0 aliphatic carbocycles. The van der Waals surface area contributed by atoms with Crippen LogP contribution in [0, 0.1) is 11.3 Å². The van der Waals surface area contributed by atoms with E-state index in [0.29, 0.717) is 24.9 Å². The molecule has 0 saturated carbocycles. The number of carbonyl (C=O) groups excluding carboxylic acids is 1. The van der Waals surface area contributed by atoms with E-state index in [1.165, 1.54) is 0 Å². The first-order chi connectivity index (χ1) is 9.05. The lowest BCUT2D eigenvalue weighted by Crippen LogP contribution is -2.55. The van der Waals surface area contributed by atoms with E-state index in [0.717, 1.165) is 12.1 Å². The molecule has 5 heteroatoms. The zero-order valence-corrected chi connectivity index (χ0v) is 10.7. The third-order valence-electron chi connectivity index (χ3n) is 3.54. The van der Waals surface area contributed by atoms with Gasteiger partial charge in [0.2, 0.25) is 0 Å². The summed E-state index contributed by atoms with van der Waals surface area (Å²) in [5.41, 5.74) is 5.32. The van der Waals surface area contributed by atoms with Crippen molar-refractivity contribution in [3.8, 4) is 6.07 Å². The summed E-state index contributed by atoms with van der Waals surface area (Å²) in [5.74, 6) is -0.675. The van der Waals surface area contributed by atoms with Gasteiger partial charge in [-0.3, -0.25) is 9.69 Å². The number of likely N-dealkylation sites (tertiary alicyclic amines) is 1. The molecule has 19 heavy (non-hydrogen) atoms. The first kappa shape index (κ1) is 13.5. The van der Waals surface area contributed by atoms with E-state index in [2.05, 4.69) is 6.07 Å². The number of benzene rings is 1. The summed E-state index contributed by atoms with van der Waals surface area (Å²) >= 11 is 0. The average Bonchev–Trinajstić information content (AvgIpc) is 2.39. The van der Waals surface area contributed by atoms with Gasteiger partial charge in [0.15, 0.2) is 5.60 Å². The summed E-state index contributed by atoms with van der Waals surface area (Å²) < 4.78 is 0. The minimum Gasteiger partial charge on any atom is -0.379 e. The number of piperidine rings is 1. The normalized spacial score (nSPS) is 23.8. The minimum atomic E-state index is -1.44. The Kier molecular flexibility index (Phi) is 3.84. The van der Waals surface area contributed by atoms with Crippen molar-refractivity contribution in [3.05, 3.63) is 35.4 Å². The second-order valence-corrected chi connectivity index (χ2v) is 4.98. The molecule has 5 nitrogen and oxygen atoms in total. The monoisotopic (exact) mass is 259 g/mol. The van der Waals surface area contributed by atoms with Gasteiger partial charge in [0.25, 0.3) is 5.91 Å². The quantitative estimate of drug-likeness (QED) is 0.820. The fraction of sp³-hybridized carbons (Fsp3) is 0.429. The van der Waals surface area contributed by atoms with E-state index in [4.69, 9.17) is 11.0 Å². The number of β-amino-alcohol motifs (C(OH)–C–C–N with tert-alkyl or cyclic N) is 1. The molecule has 0 spiro atoms. The van der Waals surface area contributed by atoms with Crippen LogP contribution in [-0.4, -0.2) is 34.6 Å². The summed E-state index contributed by atoms with van der Waals surface area (Å²) in [7, 11) is 0. The Morgan fingerprint density at radius 1 is 1.53 bits per heavy atom. The van der Waals surface area contributed by atoms with Gasteiger partial charge in [0.05, 0.1) is 11.6 Å². The summed E-state index contributed by atoms with van der Waals surface area (Å²) in [6.07, 6.45) is 1.12. The average molecular weight is 259 g/mol. The van der Waals surface area contributed by atoms with E-state index in [1.54, 1.807) is 6.07 Å². The van der Waals surface area contributed by atoms with Gasteiger partial charge in [0, 0.05) is 13.1 Å². The molecular formula is C14H17N3O2. The molecule has 1 saturated heterocycles. The molecular weight excluding hydrogens is 242 g/mol. The maximum absolute atomic E-state index is 11.3. The number of nitriles is 1. The lowest BCUT2D eigenvalue weighted by Gasteiger charge is -2.37. The van der Waals surface area contributed by atoms with Gasteiger partial charge in [0.1, 0.15) is 0 Å². The van der Waals surface area contributed by atoms with E-state index < -0.39 is 11.5 Å². The number of amides is 1. The van der Waals surface area contributed by atoms with Gasteiger partial charge in [-0.2, -0.15) is 5.26 Å². The van der Waals surface area contributed by atoms with Gasteiger partial charge in [-0.25, -0.2) is 0 Å². The van der Waals surface area contributed by atoms with Crippen molar-refractivity contribution in [3.63, 3.8) is 0 Å². The molecule has 1 aliphatic rings. The van der Waals surface area contributed by atoms with E-state index >= 15 is 0 Å². The maximum atomic E-state index is 11.3. The van der Waals surface area contributed by atoms with Crippen LogP contribution in [0.2, 0.25) is 0 Å². The lowest BCUT2D eigenvalue weighted by atomic mass is 9.91. The number of nitrogens with two attached hydrogens (primary N) is 1. The molecule has 1 aromatic rings. The fourth-order valence-corrected chi connectivity index (χ4v) is 2.47. The molecule has 1 fully saturated rings. The largest absolute Gasteiger partial charge is 0.379 e. The fourth-order valence-electron chi connectivity index (χ4n) is 2.47. The third kappa shape index (κ3) is 2.92. The van der Waals surface area contributed by atoms with Crippen molar-refractivity contribution in [1.82, 2.24) is 4.90 Å². The number of carbonyl (C=O) groups is 1. The van der Waals surface area contributed by atoms with Crippen molar-refractivity contribution in [2.75, 3.05) is 13.1 Å². The smallest absolute Gasteiger partial charge is 0.250 e. The topological polar surface area (TPSA) is 90.3 Å². The number of hydrogen-bond acceptors (Lipinski definition) is 4. The van der Waals surface area contributed by atoms with Crippen molar-refractivity contribution >= 4 is 5.91 Å². The molecule has 1 heterocycles. The Labute approximate surface area is 112 Å². The van der Waals surface area contributed by atoms with Crippen LogP contribution >= 0.6 is 0 Å². The first-order valence-corrected chi connectivity index (χ1v) is 6.28. The van der Waals surface area contributed by atoms with Crippen LogP contribution in [0.5, 0.6) is 0 Å². The SMILES string of the molecule is N#Cc1ccccc1CN1CCC[C@](O)(C(N)=O)C1. The Morgan fingerprint density at radius 3 is 2.95 bits per heavy atom. The zero-order chi connectivity index (χ0) is 13.9. The number of aliphatic hydroxyl groups is 1. The lowest BCUT2D eigenvalue weighted by molar-refractivity contribution is -0.142. The molecule has 1 amide bonds. The Morgan fingerprint density at radius 2 is 2.26 bits per heavy atom. The standard InChI is InChI=1S/C14H17N3O2/c15-8-11-4-1-2-5-12(11)9-17-7-3-6-14(19,10-17)13(16)18/h1-2,4-5,19H,3,6-7,9-10H2,(H2,16,18)/t14-/m1/s1. The number of nitrogens with zero attached hydrogens (tertiary/aromatic N) is 2. The molecule has 0 unspecified atom stereocenters. The predicted molar refractivity (Wildman–Crippen MR) is 69.8 cm³/mol. The second kappa shape index (κ2) is 5.39. The van der Waals surface area contributed by atoms with Gasteiger partial charge in [-0.05, 0) is 31.0 Å². The number of hydrogen-bond donors (Lipinski definition) is 2. The molecule has 0 radical (unpaired) electrons. The van der Waals surface area contributed by atoms with Gasteiger partial charge in [-0.1, -0.05) is 18.2 Å². The third-order valence-corrected chi connectivity index (χ3v) is 3.54. The number of rotatable bonds is 3. The van der Waals surface area contributed by atoms with Crippen LogP contribution in [0.25, 0.3) is 0 Å². The van der Waals surface area contributed by atoms with Crippen molar-refractivity contribution in [2.45, 2.75) is 25.0 Å². The Hall–Kier alpha value is -1.90. The Balaban J connectivity index is 2.12. The highest BCUT2D eigenvalue weighted by molar-refractivity contribution is 5.83. The van der Waals surface area contributed by atoms with Crippen molar-refractivity contribution < 1.29 is 9.90 Å². The van der Waals surface area contributed by atoms with Gasteiger partial charge >= 0.3 is 0 Å². The molecule has 0 bridgehead atoms. The first-order valence-electron chi connectivity index (χ1n) is 6.28. The Bertz CT molecular complexity index is 524. The van der Waals surface area contributed by atoms with E-state index in [-0.39, 0.29) is 6.54 Å². The molecule has 2 rings (SSSR count). The molecule has 1 aromatic carbocycles. The molecule has 100 valence electrons. The minimum absolute atomic E-state index is 0.224. The van der Waals surface area contributed by atoms with Crippen molar-refractivity contribution in [1.29, 1.82) is 5.26 Å². The second-order valence-electron chi connectivity index (χ2n) is 4.98. The predicted octanol–water partition coefficient (Wildman–Crippen LogP) is 0.370. The maximum Gasteiger partial charge on any atom is 0.250 e. The summed E-state index contributed by atoms with van der Waals surface area (Å²) in [5, 5.41) is 19.2. The van der Waals surface area contributed by atoms with E-state index in [9.17, 15) is 9.90 Å². The van der Waals surface area contributed by atoms with Crippen LogP contribution in [-0.2, 0) is 11.3 Å². The summed E-state index contributed by atoms with van der Waals surface area (Å²) in [6.45, 7) is 1.55. The summed E-state index contributed by atoms with van der Waals surface area (Å²) in [4.78, 5) is 13.3. The molecule has 0 aromatic heterocycles. The molecule has 1 atom stereocenters. The van der Waals surface area contributed by atoms with Gasteiger partial charge < -0.3 is 10.8 Å². The highest BCUT2D eigenvalue weighted by Gasteiger charge is 2.38. The van der Waals surface area contributed by atoms with Crippen LogP contribution < -0.4 is 5.73 Å². The summed E-state index contributed by atoms with van der Waals surface area (Å²) in [6, 6.07) is 9.49. The van der Waals surface area contributed by atoms with Crippen LogP contribution in [0.15, 0.2) is 24.3 Å². The highest BCUT2D eigenvalue weighted by Crippen LogP contribution is 2.23. The molecule has 1 aliphatic heterocycles. The van der Waals surface area contributed by atoms with Crippen LogP contribution in [0.3, 0.4) is 0 Å². The highest BCUT2D eigenvalue weighted by atomic mass is 16.3. The van der Waals surface area contributed by atoms with Crippen molar-refractivity contribution in [2.24, 2.45) is 5.73 Å². The number of primary amides is 1. The van der Waals surface area contributed by atoms with Crippen LogP contribution in [0.4, 0.5) is 0 Å². The van der Waals surface area contributed by atoms with Crippen LogP contribution in [0.1, 0.15) is 24.0 Å². The zero-order valence-electron chi connectivity index (χ0n) is 10.7. The molecule has 3 N–H and O–H groups in total. The van der Waals surface area contributed by atoms with E-state index in [1.807, 2.05) is 23.1 Å².